The van der Waals surface area contributed by atoms with Crippen molar-refractivity contribution in [3.05, 3.63) is 47.9 Å². The van der Waals surface area contributed by atoms with Crippen molar-refractivity contribution in [2.24, 2.45) is 11.8 Å². The molecular formula is C20H33N5. The Balaban J connectivity index is 3.01. The van der Waals surface area contributed by atoms with Gasteiger partial charge in [-0.05, 0) is 37.2 Å². The average Bonchev–Trinajstić information content (AvgIpc) is 2.65. The fraction of sp³-hybridized carbons (Fsp3) is 0.500. The normalized spacial score (nSPS) is 18.7. The molecule has 0 saturated carbocycles. The first-order valence-electron chi connectivity index (χ1n) is 8.99. The molecule has 0 spiro atoms. The van der Waals surface area contributed by atoms with Gasteiger partial charge in [-0.3, -0.25) is 0 Å². The summed E-state index contributed by atoms with van der Waals surface area (Å²) in [6, 6.07) is 0. The van der Waals surface area contributed by atoms with Gasteiger partial charge in [-0.2, -0.15) is 0 Å². The molecular weight excluding hydrogens is 310 g/mol. The molecule has 0 heterocycles. The van der Waals surface area contributed by atoms with Crippen LogP contribution in [0, 0.1) is 22.7 Å². The van der Waals surface area contributed by atoms with Crippen molar-refractivity contribution in [1.82, 2.24) is 16.0 Å². The van der Waals surface area contributed by atoms with Gasteiger partial charge in [0.2, 0.25) is 0 Å². The molecule has 5 heteroatoms. The van der Waals surface area contributed by atoms with E-state index in [-0.39, 0.29) is 11.8 Å². The predicted octanol–water partition coefficient (Wildman–Crippen LogP) is 3.00. The Bertz CT molecular complexity index is 556. The molecule has 0 aromatic heterocycles. The molecule has 0 fully saturated rings. The van der Waals surface area contributed by atoms with Crippen LogP contribution in [0.5, 0.6) is 0 Å². The van der Waals surface area contributed by atoms with Gasteiger partial charge in [-0.15, -0.1) is 0 Å². The number of nitrogens with one attached hydrogen (secondary N) is 5. The van der Waals surface area contributed by atoms with Gasteiger partial charge in [0.25, 0.3) is 0 Å². The maximum absolute atomic E-state index is 8.75. The molecule has 1 aliphatic rings. The summed E-state index contributed by atoms with van der Waals surface area (Å²) in [5.41, 5.74) is 4.01. The predicted molar refractivity (Wildman–Crippen MR) is 108 cm³/mol. The van der Waals surface area contributed by atoms with E-state index >= 15 is 0 Å². The highest BCUT2D eigenvalue weighted by Crippen LogP contribution is 2.26. The molecule has 0 radical (unpaired) electrons. The Labute approximate surface area is 152 Å². The summed E-state index contributed by atoms with van der Waals surface area (Å²) >= 11 is 0. The first-order valence-corrected chi connectivity index (χ1v) is 8.99. The second-order valence-corrected chi connectivity index (χ2v) is 6.12. The van der Waals surface area contributed by atoms with Gasteiger partial charge in [0.05, 0.1) is 0 Å². The van der Waals surface area contributed by atoms with Crippen molar-refractivity contribution < 1.29 is 0 Å². The lowest BCUT2D eigenvalue weighted by Gasteiger charge is -2.24. The lowest BCUT2D eigenvalue weighted by Crippen LogP contribution is -2.25. The topological polar surface area (TPSA) is 83.8 Å². The molecule has 5 nitrogen and oxygen atoms in total. The molecule has 1 aliphatic carbocycles. The zero-order valence-electron chi connectivity index (χ0n) is 15.8. The number of hydrogen-bond acceptors (Lipinski definition) is 5. The largest absolute Gasteiger partial charge is 0.391 e. The molecule has 5 N–H and O–H groups in total. The van der Waals surface area contributed by atoms with Gasteiger partial charge in [0.15, 0.2) is 0 Å². The van der Waals surface area contributed by atoms with Crippen molar-refractivity contribution in [1.29, 1.82) is 10.8 Å². The van der Waals surface area contributed by atoms with Gasteiger partial charge in [0.1, 0.15) is 0 Å². The Morgan fingerprint density at radius 2 is 2.20 bits per heavy atom. The summed E-state index contributed by atoms with van der Waals surface area (Å²) in [6.07, 6.45) is 12.1. The van der Waals surface area contributed by atoms with Crippen LogP contribution in [0.25, 0.3) is 0 Å². The monoisotopic (exact) mass is 343 g/mol. The fourth-order valence-electron chi connectivity index (χ4n) is 3.16. The van der Waals surface area contributed by atoms with Crippen molar-refractivity contribution in [2.75, 3.05) is 27.2 Å². The molecule has 138 valence electrons. The van der Waals surface area contributed by atoms with E-state index in [0.29, 0.717) is 5.71 Å². The minimum absolute atomic E-state index is 0.0615. The standard InChI is InChI=1S/C20H33N5/c1-5-18(19(24-4)10-11-25-6-2)20(22)16-9-7-8-15(12-16)17(13-21)14-23-3/h6-8,12-13,16-17,21-25H,2,5,9-11,14H2,1,3-4H3/b19-18-,21-13?,22-20?. The quantitative estimate of drug-likeness (QED) is 0.279. The van der Waals surface area contributed by atoms with E-state index < -0.39 is 0 Å². The van der Waals surface area contributed by atoms with Crippen LogP contribution in [0.1, 0.15) is 26.2 Å². The maximum atomic E-state index is 8.75. The van der Waals surface area contributed by atoms with Crippen molar-refractivity contribution in [3.8, 4) is 0 Å². The van der Waals surface area contributed by atoms with Crippen LogP contribution in [-0.2, 0) is 0 Å². The van der Waals surface area contributed by atoms with Crippen LogP contribution in [0.2, 0.25) is 0 Å². The lowest BCUT2D eigenvalue weighted by molar-refractivity contribution is 0.701. The molecule has 0 aromatic carbocycles. The Morgan fingerprint density at radius 3 is 2.76 bits per heavy atom. The molecule has 2 atom stereocenters. The summed E-state index contributed by atoms with van der Waals surface area (Å²) in [4.78, 5) is 0. The van der Waals surface area contributed by atoms with E-state index in [9.17, 15) is 0 Å². The molecule has 0 bridgehead atoms. The van der Waals surface area contributed by atoms with Gasteiger partial charge in [-0.1, -0.05) is 31.7 Å². The van der Waals surface area contributed by atoms with Crippen LogP contribution in [0.3, 0.4) is 0 Å². The van der Waals surface area contributed by atoms with Crippen LogP contribution in [0.15, 0.2) is 47.9 Å². The third-order valence-electron chi connectivity index (χ3n) is 4.53. The van der Waals surface area contributed by atoms with Crippen molar-refractivity contribution >= 4 is 11.9 Å². The molecule has 0 aromatic rings. The van der Waals surface area contributed by atoms with Crippen molar-refractivity contribution in [3.63, 3.8) is 0 Å². The van der Waals surface area contributed by atoms with Gasteiger partial charge in [-0.25, -0.2) is 0 Å². The Morgan fingerprint density at radius 1 is 1.44 bits per heavy atom. The minimum Gasteiger partial charge on any atom is -0.391 e. The molecule has 25 heavy (non-hydrogen) atoms. The molecule has 0 aliphatic heterocycles. The molecule has 2 unspecified atom stereocenters. The van der Waals surface area contributed by atoms with Crippen molar-refractivity contribution in [2.45, 2.75) is 26.2 Å². The second kappa shape index (κ2) is 11.4. The van der Waals surface area contributed by atoms with E-state index in [0.717, 1.165) is 49.2 Å². The van der Waals surface area contributed by atoms with E-state index in [1.165, 1.54) is 6.21 Å². The number of hydrogen-bond donors (Lipinski definition) is 5. The minimum atomic E-state index is 0.0615. The SMILES string of the molecule is C=CNCC/C(NC)=C(\CC)C(=N)C1C=C(C(C=N)CNC)C=CC1. The first kappa shape index (κ1) is 20.9. The smallest absolute Gasteiger partial charge is 0.0434 e. The van der Waals surface area contributed by atoms with Crippen LogP contribution < -0.4 is 16.0 Å². The average molecular weight is 344 g/mol. The molecule has 0 saturated heterocycles. The van der Waals surface area contributed by atoms with Crippen LogP contribution >= 0.6 is 0 Å². The summed E-state index contributed by atoms with van der Waals surface area (Å²) in [5.74, 6) is 0.136. The van der Waals surface area contributed by atoms with Gasteiger partial charge < -0.3 is 26.8 Å². The third kappa shape index (κ3) is 6.02. The summed E-state index contributed by atoms with van der Waals surface area (Å²) in [5, 5.41) is 25.9. The number of allylic oxidation sites excluding steroid dienone is 4. The zero-order valence-corrected chi connectivity index (χ0v) is 15.8. The zero-order chi connectivity index (χ0) is 18.7. The fourth-order valence-corrected chi connectivity index (χ4v) is 3.16. The van der Waals surface area contributed by atoms with E-state index in [1.54, 1.807) is 6.20 Å². The third-order valence-corrected chi connectivity index (χ3v) is 4.53. The summed E-state index contributed by atoms with van der Waals surface area (Å²) in [6.45, 7) is 7.33. The first-order chi connectivity index (χ1) is 12.1. The van der Waals surface area contributed by atoms with Crippen LogP contribution in [0.4, 0.5) is 0 Å². The number of rotatable bonds is 12. The Kier molecular flexibility index (Phi) is 9.55. The van der Waals surface area contributed by atoms with E-state index in [2.05, 4.69) is 47.7 Å². The van der Waals surface area contributed by atoms with Gasteiger partial charge >= 0.3 is 0 Å². The van der Waals surface area contributed by atoms with E-state index in [4.69, 9.17) is 10.8 Å². The highest BCUT2D eigenvalue weighted by atomic mass is 14.9. The van der Waals surface area contributed by atoms with E-state index in [1.807, 2.05) is 14.1 Å². The highest BCUT2D eigenvalue weighted by Gasteiger charge is 2.21. The molecule has 1 rings (SSSR count). The van der Waals surface area contributed by atoms with Gasteiger partial charge in [0, 0.05) is 56.0 Å². The molecule has 0 amide bonds. The summed E-state index contributed by atoms with van der Waals surface area (Å²) in [7, 11) is 3.82. The summed E-state index contributed by atoms with van der Waals surface area (Å²) < 4.78 is 0. The van der Waals surface area contributed by atoms with Crippen LogP contribution in [-0.4, -0.2) is 39.1 Å². The second-order valence-electron chi connectivity index (χ2n) is 6.12. The highest BCUT2D eigenvalue weighted by molar-refractivity contribution is 6.01. The Hall–Kier alpha value is -2.14. The lowest BCUT2D eigenvalue weighted by atomic mass is 9.83. The maximum Gasteiger partial charge on any atom is 0.0434 e.